The van der Waals surface area contributed by atoms with Gasteiger partial charge >= 0.3 is 0 Å². The molecule has 0 bridgehead atoms. The van der Waals surface area contributed by atoms with Crippen LogP contribution in [0.3, 0.4) is 0 Å². The van der Waals surface area contributed by atoms with Gasteiger partial charge in [-0.25, -0.2) is 0 Å². The molecular weight excluding hydrogens is 334 g/mol. The Morgan fingerprint density at radius 2 is 2.00 bits per heavy atom. The van der Waals surface area contributed by atoms with Crippen LogP contribution in [0.15, 0.2) is 27.6 Å². The Morgan fingerprint density at radius 3 is 2.68 bits per heavy atom. The van der Waals surface area contributed by atoms with Gasteiger partial charge in [0.2, 0.25) is 5.91 Å². The van der Waals surface area contributed by atoms with E-state index in [1.165, 1.54) is 6.07 Å². The second kappa shape index (κ2) is 7.67. The lowest BCUT2D eigenvalue weighted by Crippen LogP contribution is -2.46. The van der Waals surface area contributed by atoms with Crippen LogP contribution in [0.1, 0.15) is 6.42 Å². The number of hydrogen-bond donors (Lipinski definition) is 1. The van der Waals surface area contributed by atoms with Gasteiger partial charge in [0.1, 0.15) is 0 Å². The number of amides is 1. The summed E-state index contributed by atoms with van der Waals surface area (Å²) in [5, 5.41) is 3.20. The van der Waals surface area contributed by atoms with E-state index in [1.54, 1.807) is 16.8 Å². The number of carbonyl (C=O) groups is 1. The second-order valence-corrected chi connectivity index (χ2v) is 5.18. The van der Waals surface area contributed by atoms with Gasteiger partial charge in [-0.05, 0) is 22.0 Å². The van der Waals surface area contributed by atoms with Gasteiger partial charge in [0.05, 0.1) is 0 Å². The Labute approximate surface area is 126 Å². The number of pyridine rings is 1. The van der Waals surface area contributed by atoms with E-state index >= 15 is 0 Å². The van der Waals surface area contributed by atoms with Crippen molar-refractivity contribution in [2.24, 2.45) is 0 Å². The minimum absolute atomic E-state index is 0. The zero-order valence-corrected chi connectivity index (χ0v) is 12.9. The summed E-state index contributed by atoms with van der Waals surface area (Å²) < 4.78 is 2.40. The molecule has 106 valence electrons. The van der Waals surface area contributed by atoms with E-state index in [4.69, 9.17) is 0 Å². The molecule has 0 spiro atoms. The lowest BCUT2D eigenvalue weighted by molar-refractivity contribution is -0.132. The van der Waals surface area contributed by atoms with Crippen molar-refractivity contribution in [2.45, 2.75) is 13.0 Å². The average Bonchev–Trinajstić information content (AvgIpc) is 2.40. The number of nitrogens with one attached hydrogen (secondary N) is 1. The average molecular weight is 351 g/mol. The van der Waals surface area contributed by atoms with Crippen LogP contribution < -0.4 is 10.9 Å². The molecule has 1 amide bonds. The van der Waals surface area contributed by atoms with Crippen LogP contribution in [-0.2, 0) is 11.3 Å². The highest BCUT2D eigenvalue weighted by molar-refractivity contribution is 9.10. The molecule has 7 heteroatoms. The van der Waals surface area contributed by atoms with Crippen molar-refractivity contribution in [1.29, 1.82) is 0 Å². The predicted molar refractivity (Wildman–Crippen MR) is 79.7 cm³/mol. The molecule has 19 heavy (non-hydrogen) atoms. The number of piperazine rings is 1. The molecule has 0 aliphatic carbocycles. The summed E-state index contributed by atoms with van der Waals surface area (Å²) in [6, 6.07) is 3.20. The van der Waals surface area contributed by atoms with Crippen molar-refractivity contribution < 1.29 is 4.79 Å². The first-order chi connectivity index (χ1) is 8.66. The Bertz CT molecular complexity index is 486. The number of hydrogen-bond acceptors (Lipinski definition) is 3. The fourth-order valence-corrected chi connectivity index (χ4v) is 2.34. The Balaban J connectivity index is 0.00000180. The van der Waals surface area contributed by atoms with Gasteiger partial charge in [0.15, 0.2) is 0 Å². The number of carbonyl (C=O) groups excluding carboxylic acids is 1. The van der Waals surface area contributed by atoms with Crippen LogP contribution in [-0.4, -0.2) is 41.6 Å². The lowest BCUT2D eigenvalue weighted by atomic mass is 10.3. The van der Waals surface area contributed by atoms with E-state index in [2.05, 4.69) is 21.2 Å². The summed E-state index contributed by atoms with van der Waals surface area (Å²) in [5.74, 6) is 0.114. The van der Waals surface area contributed by atoms with Crippen LogP contribution >= 0.6 is 28.3 Å². The van der Waals surface area contributed by atoms with E-state index in [-0.39, 0.29) is 23.9 Å². The summed E-state index contributed by atoms with van der Waals surface area (Å²) in [7, 11) is 0. The minimum Gasteiger partial charge on any atom is -0.340 e. The summed E-state index contributed by atoms with van der Waals surface area (Å²) >= 11 is 3.32. The smallest absolute Gasteiger partial charge is 0.250 e. The van der Waals surface area contributed by atoms with Gasteiger partial charge in [-0.15, -0.1) is 12.4 Å². The van der Waals surface area contributed by atoms with Crippen molar-refractivity contribution >= 4 is 34.2 Å². The maximum absolute atomic E-state index is 11.9. The fourth-order valence-electron chi connectivity index (χ4n) is 1.97. The lowest BCUT2D eigenvalue weighted by Gasteiger charge is -2.27. The van der Waals surface area contributed by atoms with Gasteiger partial charge < -0.3 is 14.8 Å². The standard InChI is InChI=1S/C12H16BrN3O2.ClH/c13-10-1-2-11(17)16(9-10)6-3-12(18)15-7-4-14-5-8-15;/h1-2,9,14H,3-8H2;1H. The van der Waals surface area contributed by atoms with Crippen LogP contribution in [0, 0.1) is 0 Å². The summed E-state index contributed by atoms with van der Waals surface area (Å²) in [4.78, 5) is 25.4. The molecule has 1 saturated heterocycles. The Morgan fingerprint density at radius 1 is 1.32 bits per heavy atom. The van der Waals surface area contributed by atoms with Gasteiger partial charge in [-0.3, -0.25) is 9.59 Å². The molecule has 0 atom stereocenters. The molecule has 2 heterocycles. The van der Waals surface area contributed by atoms with Crippen LogP contribution in [0.25, 0.3) is 0 Å². The van der Waals surface area contributed by atoms with Gasteiger partial charge in [0, 0.05) is 55.9 Å². The largest absolute Gasteiger partial charge is 0.340 e. The molecule has 1 aromatic heterocycles. The SMILES string of the molecule is Cl.O=C(CCn1cc(Br)ccc1=O)N1CCNCC1. The highest BCUT2D eigenvalue weighted by Crippen LogP contribution is 2.06. The van der Waals surface area contributed by atoms with E-state index in [1.807, 2.05) is 4.90 Å². The van der Waals surface area contributed by atoms with E-state index in [9.17, 15) is 9.59 Å². The summed E-state index contributed by atoms with van der Waals surface area (Å²) in [5.41, 5.74) is -0.0775. The van der Waals surface area contributed by atoms with Crippen LogP contribution in [0.2, 0.25) is 0 Å². The fraction of sp³-hybridized carbons (Fsp3) is 0.500. The Kier molecular flexibility index (Phi) is 6.54. The predicted octanol–water partition coefficient (Wildman–Crippen LogP) is 0.854. The number of halogens is 2. The van der Waals surface area contributed by atoms with Gasteiger partial charge in [-0.2, -0.15) is 0 Å². The molecule has 1 aliphatic rings. The number of aromatic nitrogens is 1. The first kappa shape index (κ1) is 16.2. The molecule has 1 aliphatic heterocycles. The molecule has 0 saturated carbocycles. The van der Waals surface area contributed by atoms with Crippen LogP contribution in [0.4, 0.5) is 0 Å². The molecular formula is C12H17BrClN3O2. The zero-order valence-electron chi connectivity index (χ0n) is 10.5. The maximum atomic E-state index is 11.9. The molecule has 5 nitrogen and oxygen atoms in total. The summed E-state index contributed by atoms with van der Waals surface area (Å²) in [6.45, 7) is 3.64. The number of nitrogens with zero attached hydrogens (tertiary/aromatic N) is 2. The molecule has 1 aromatic rings. The molecule has 2 rings (SSSR count). The molecule has 0 unspecified atom stereocenters. The van der Waals surface area contributed by atoms with E-state index in [0.717, 1.165) is 30.7 Å². The van der Waals surface area contributed by atoms with Crippen molar-refractivity contribution in [3.8, 4) is 0 Å². The molecule has 0 aromatic carbocycles. The highest BCUT2D eigenvalue weighted by Gasteiger charge is 2.15. The first-order valence-corrected chi connectivity index (χ1v) is 6.80. The van der Waals surface area contributed by atoms with Crippen molar-refractivity contribution in [1.82, 2.24) is 14.8 Å². The van der Waals surface area contributed by atoms with Gasteiger partial charge in [-0.1, -0.05) is 0 Å². The minimum atomic E-state index is -0.0775. The van der Waals surface area contributed by atoms with E-state index < -0.39 is 0 Å². The molecule has 0 radical (unpaired) electrons. The number of rotatable bonds is 3. The summed E-state index contributed by atoms with van der Waals surface area (Å²) in [6.07, 6.45) is 2.09. The second-order valence-electron chi connectivity index (χ2n) is 4.26. The third-order valence-electron chi connectivity index (χ3n) is 2.98. The third kappa shape index (κ3) is 4.63. The monoisotopic (exact) mass is 349 g/mol. The zero-order chi connectivity index (χ0) is 13.0. The van der Waals surface area contributed by atoms with Crippen molar-refractivity contribution in [2.75, 3.05) is 26.2 Å². The van der Waals surface area contributed by atoms with Crippen LogP contribution in [0.5, 0.6) is 0 Å². The quantitative estimate of drug-likeness (QED) is 0.879. The molecule has 1 fully saturated rings. The molecule has 1 N–H and O–H groups in total. The van der Waals surface area contributed by atoms with Gasteiger partial charge in [0.25, 0.3) is 5.56 Å². The Hall–Kier alpha value is -0.850. The topological polar surface area (TPSA) is 54.3 Å². The maximum Gasteiger partial charge on any atom is 0.250 e. The third-order valence-corrected chi connectivity index (χ3v) is 3.45. The number of aryl methyl sites for hydroxylation is 1. The first-order valence-electron chi connectivity index (χ1n) is 6.01. The van der Waals surface area contributed by atoms with E-state index in [0.29, 0.717) is 13.0 Å². The highest BCUT2D eigenvalue weighted by atomic mass is 79.9. The normalized spacial score (nSPS) is 14.9. The van der Waals surface area contributed by atoms with Crippen molar-refractivity contribution in [3.05, 3.63) is 33.2 Å². The van der Waals surface area contributed by atoms with Crippen molar-refractivity contribution in [3.63, 3.8) is 0 Å².